The Labute approximate surface area is 159 Å². The first-order valence-corrected chi connectivity index (χ1v) is 9.14. The molecule has 3 rings (SSSR count). The number of ether oxygens (including phenoxy) is 4. The summed E-state index contributed by atoms with van der Waals surface area (Å²) in [7, 11) is 1.55. The van der Waals surface area contributed by atoms with Crippen molar-refractivity contribution in [3.05, 3.63) is 41.5 Å². The Bertz CT molecular complexity index is 834. The van der Waals surface area contributed by atoms with Crippen molar-refractivity contribution >= 4 is 11.6 Å². The van der Waals surface area contributed by atoms with Crippen LogP contribution in [0.25, 0.3) is 0 Å². The van der Waals surface area contributed by atoms with E-state index in [-0.39, 0.29) is 12.0 Å². The van der Waals surface area contributed by atoms with Crippen LogP contribution in [0.4, 0.5) is 5.69 Å². The summed E-state index contributed by atoms with van der Waals surface area (Å²) < 4.78 is 22.3. The van der Waals surface area contributed by atoms with E-state index in [9.17, 15) is 4.79 Å². The molecule has 6 nitrogen and oxygen atoms in total. The molecule has 144 valence electrons. The number of hydrogen-bond acceptors (Lipinski definition) is 5. The van der Waals surface area contributed by atoms with E-state index in [1.807, 2.05) is 32.9 Å². The highest BCUT2D eigenvalue weighted by Crippen LogP contribution is 2.38. The summed E-state index contributed by atoms with van der Waals surface area (Å²) in [5.41, 5.74) is 2.14. The summed E-state index contributed by atoms with van der Waals surface area (Å²) in [6, 6.07) is 8.86. The molecule has 2 aromatic rings. The average molecular weight is 371 g/mol. The van der Waals surface area contributed by atoms with Gasteiger partial charge in [-0.2, -0.15) is 0 Å². The van der Waals surface area contributed by atoms with Crippen LogP contribution in [-0.4, -0.2) is 32.3 Å². The topological polar surface area (TPSA) is 66.0 Å². The molecule has 0 saturated carbocycles. The first-order chi connectivity index (χ1) is 13.0. The molecule has 0 aromatic heterocycles. The largest absolute Gasteiger partial charge is 0.493 e. The number of anilines is 1. The molecular formula is C21H25NO5. The summed E-state index contributed by atoms with van der Waals surface area (Å²) in [6.07, 6.45) is 0.954. The van der Waals surface area contributed by atoms with Gasteiger partial charge >= 0.3 is 0 Å². The molecule has 0 aliphatic carbocycles. The van der Waals surface area contributed by atoms with Gasteiger partial charge in [0.2, 0.25) is 0 Å². The zero-order valence-electron chi connectivity index (χ0n) is 16.1. The standard InChI is InChI=1S/C21H25NO5/c1-5-25-17-8-7-14(10-20(17)24-4)21(23)22-16-12-18-15(9-13(3)27-18)11-19(16)26-6-2/h7-8,10-13H,5-6,9H2,1-4H3,(H,22,23)/t13-/m1/s1. The van der Waals surface area contributed by atoms with Crippen molar-refractivity contribution in [2.75, 3.05) is 25.6 Å². The second kappa shape index (κ2) is 8.20. The Balaban J connectivity index is 1.86. The lowest BCUT2D eigenvalue weighted by Gasteiger charge is -2.14. The van der Waals surface area contributed by atoms with E-state index in [0.717, 1.165) is 17.7 Å². The molecule has 0 bridgehead atoms. The second-order valence-electron chi connectivity index (χ2n) is 6.27. The fourth-order valence-electron chi connectivity index (χ4n) is 3.09. The lowest BCUT2D eigenvalue weighted by Crippen LogP contribution is -2.13. The SMILES string of the molecule is CCOc1cc2c(cc1NC(=O)c1ccc(OCC)c(OC)c1)O[C@H](C)C2. The van der Waals surface area contributed by atoms with E-state index in [2.05, 4.69) is 5.32 Å². The number of methoxy groups -OCH3 is 1. The Morgan fingerprint density at radius 3 is 2.56 bits per heavy atom. The van der Waals surface area contributed by atoms with Crippen LogP contribution in [0.15, 0.2) is 30.3 Å². The monoisotopic (exact) mass is 371 g/mol. The molecule has 1 amide bonds. The van der Waals surface area contributed by atoms with Crippen molar-refractivity contribution in [1.82, 2.24) is 0 Å². The fourth-order valence-corrected chi connectivity index (χ4v) is 3.09. The molecule has 1 N–H and O–H groups in total. The number of fused-ring (bicyclic) bond motifs is 1. The van der Waals surface area contributed by atoms with Crippen molar-refractivity contribution in [3.63, 3.8) is 0 Å². The number of nitrogens with one attached hydrogen (secondary N) is 1. The van der Waals surface area contributed by atoms with Crippen molar-refractivity contribution < 1.29 is 23.7 Å². The highest BCUT2D eigenvalue weighted by Gasteiger charge is 2.23. The molecule has 2 aromatic carbocycles. The van der Waals surface area contributed by atoms with Gasteiger partial charge in [0.1, 0.15) is 17.6 Å². The number of hydrogen-bond donors (Lipinski definition) is 1. The number of amides is 1. The van der Waals surface area contributed by atoms with Gasteiger partial charge < -0.3 is 24.3 Å². The second-order valence-corrected chi connectivity index (χ2v) is 6.27. The van der Waals surface area contributed by atoms with Crippen molar-refractivity contribution in [2.24, 2.45) is 0 Å². The van der Waals surface area contributed by atoms with Gasteiger partial charge in [-0.1, -0.05) is 0 Å². The maximum Gasteiger partial charge on any atom is 0.255 e. The van der Waals surface area contributed by atoms with Crippen molar-refractivity contribution in [1.29, 1.82) is 0 Å². The maximum absolute atomic E-state index is 12.8. The number of carbonyl (C=O) groups is 1. The van der Waals surface area contributed by atoms with Gasteiger partial charge in [-0.15, -0.1) is 0 Å². The predicted molar refractivity (Wildman–Crippen MR) is 104 cm³/mol. The summed E-state index contributed by atoms with van der Waals surface area (Å²) in [5.74, 6) is 2.28. The van der Waals surface area contributed by atoms with Crippen LogP contribution in [-0.2, 0) is 6.42 Å². The Morgan fingerprint density at radius 2 is 1.85 bits per heavy atom. The van der Waals surface area contributed by atoms with Crippen LogP contribution in [0.2, 0.25) is 0 Å². The summed E-state index contributed by atoms with van der Waals surface area (Å²) >= 11 is 0. The van der Waals surface area contributed by atoms with Gasteiger partial charge in [-0.25, -0.2) is 0 Å². The smallest absolute Gasteiger partial charge is 0.255 e. The number of rotatable bonds is 7. The molecule has 1 aliphatic heterocycles. The van der Waals surface area contributed by atoms with Gasteiger partial charge in [-0.3, -0.25) is 4.79 Å². The number of benzene rings is 2. The average Bonchev–Trinajstić information content (AvgIpc) is 3.01. The van der Waals surface area contributed by atoms with E-state index in [0.29, 0.717) is 41.7 Å². The van der Waals surface area contributed by atoms with Crippen LogP contribution in [0, 0.1) is 0 Å². The van der Waals surface area contributed by atoms with Gasteiger partial charge in [0.15, 0.2) is 11.5 Å². The third kappa shape index (κ3) is 4.10. The number of carbonyl (C=O) groups excluding carboxylic acids is 1. The third-order valence-corrected chi connectivity index (χ3v) is 4.27. The highest BCUT2D eigenvalue weighted by atomic mass is 16.5. The van der Waals surface area contributed by atoms with Crippen molar-refractivity contribution in [2.45, 2.75) is 33.3 Å². The zero-order chi connectivity index (χ0) is 19.4. The Hall–Kier alpha value is -2.89. The summed E-state index contributed by atoms with van der Waals surface area (Å²) in [6.45, 7) is 6.86. The minimum Gasteiger partial charge on any atom is -0.493 e. The molecule has 1 atom stereocenters. The van der Waals surface area contributed by atoms with Crippen LogP contribution in [0.3, 0.4) is 0 Å². The fraction of sp³-hybridized carbons (Fsp3) is 0.381. The van der Waals surface area contributed by atoms with E-state index >= 15 is 0 Å². The third-order valence-electron chi connectivity index (χ3n) is 4.27. The Kier molecular flexibility index (Phi) is 5.74. The molecular weight excluding hydrogens is 346 g/mol. The van der Waals surface area contributed by atoms with Gasteiger partial charge in [0.25, 0.3) is 5.91 Å². The molecule has 27 heavy (non-hydrogen) atoms. The predicted octanol–water partition coefficient (Wildman–Crippen LogP) is 4.07. The normalized spacial score (nSPS) is 14.9. The Morgan fingerprint density at radius 1 is 1.11 bits per heavy atom. The lowest BCUT2D eigenvalue weighted by atomic mass is 10.1. The van der Waals surface area contributed by atoms with Crippen LogP contribution in [0.5, 0.6) is 23.0 Å². The van der Waals surface area contributed by atoms with Gasteiger partial charge in [-0.05, 0) is 45.0 Å². The summed E-state index contributed by atoms with van der Waals surface area (Å²) in [4.78, 5) is 12.8. The van der Waals surface area contributed by atoms with Gasteiger partial charge in [0, 0.05) is 23.6 Å². The minimum atomic E-state index is -0.261. The molecule has 0 saturated heterocycles. The first-order valence-electron chi connectivity index (χ1n) is 9.14. The highest BCUT2D eigenvalue weighted by molar-refractivity contribution is 6.05. The molecule has 6 heteroatoms. The quantitative estimate of drug-likeness (QED) is 0.795. The van der Waals surface area contributed by atoms with Gasteiger partial charge in [0.05, 0.1) is 26.0 Å². The maximum atomic E-state index is 12.8. The van der Waals surface area contributed by atoms with Crippen LogP contribution < -0.4 is 24.3 Å². The van der Waals surface area contributed by atoms with Crippen LogP contribution in [0.1, 0.15) is 36.7 Å². The minimum absolute atomic E-state index is 0.121. The van der Waals surface area contributed by atoms with Crippen LogP contribution >= 0.6 is 0 Å². The lowest BCUT2D eigenvalue weighted by molar-refractivity contribution is 0.102. The molecule has 0 fully saturated rings. The van der Waals surface area contributed by atoms with E-state index < -0.39 is 0 Å². The van der Waals surface area contributed by atoms with Crippen molar-refractivity contribution in [3.8, 4) is 23.0 Å². The molecule has 0 unspecified atom stereocenters. The molecule has 0 spiro atoms. The molecule has 1 heterocycles. The summed E-state index contributed by atoms with van der Waals surface area (Å²) in [5, 5.41) is 2.92. The first kappa shape index (κ1) is 18.9. The van der Waals surface area contributed by atoms with E-state index in [4.69, 9.17) is 18.9 Å². The molecule has 1 aliphatic rings. The van der Waals surface area contributed by atoms with E-state index in [1.165, 1.54) is 0 Å². The zero-order valence-corrected chi connectivity index (χ0v) is 16.1. The molecule has 0 radical (unpaired) electrons. The van der Waals surface area contributed by atoms with E-state index in [1.54, 1.807) is 25.3 Å².